The lowest BCUT2D eigenvalue weighted by atomic mass is 9.96. The summed E-state index contributed by atoms with van der Waals surface area (Å²) in [6, 6.07) is 11.2. The van der Waals surface area contributed by atoms with Crippen molar-refractivity contribution in [3.05, 3.63) is 35.9 Å². The summed E-state index contributed by atoms with van der Waals surface area (Å²) in [7, 11) is 0. The number of nitrogens with zero attached hydrogens (tertiary/aromatic N) is 1. The van der Waals surface area contributed by atoms with Crippen molar-refractivity contribution in [1.82, 2.24) is 10.2 Å². The molecule has 116 valence electrons. The Morgan fingerprint density at radius 1 is 1.33 bits per heavy atom. The molecule has 0 aliphatic carbocycles. The van der Waals surface area contributed by atoms with E-state index in [0.717, 1.165) is 25.9 Å². The molecule has 3 nitrogen and oxygen atoms in total. The van der Waals surface area contributed by atoms with Gasteiger partial charge in [0.05, 0.1) is 0 Å². The van der Waals surface area contributed by atoms with Crippen molar-refractivity contribution >= 4 is 5.91 Å². The van der Waals surface area contributed by atoms with E-state index in [4.69, 9.17) is 0 Å². The predicted octanol–water partition coefficient (Wildman–Crippen LogP) is 2.85. The second-order valence-corrected chi connectivity index (χ2v) is 6.48. The van der Waals surface area contributed by atoms with Gasteiger partial charge >= 0.3 is 0 Å². The fraction of sp³-hybridized carbons (Fsp3) is 0.611. The van der Waals surface area contributed by atoms with Crippen molar-refractivity contribution in [2.45, 2.75) is 52.1 Å². The lowest BCUT2D eigenvalue weighted by Crippen LogP contribution is -2.59. The van der Waals surface area contributed by atoms with Crippen LogP contribution in [0.4, 0.5) is 0 Å². The molecule has 2 rings (SSSR count). The number of hydrogen-bond donors (Lipinski definition) is 1. The third-order valence-corrected chi connectivity index (χ3v) is 4.19. The molecule has 1 saturated heterocycles. The summed E-state index contributed by atoms with van der Waals surface area (Å²) in [6.45, 7) is 8.19. The molecule has 1 aliphatic heterocycles. The van der Waals surface area contributed by atoms with E-state index in [0.29, 0.717) is 18.4 Å². The molecule has 3 heteroatoms. The van der Waals surface area contributed by atoms with Crippen molar-refractivity contribution in [1.29, 1.82) is 0 Å². The second-order valence-electron chi connectivity index (χ2n) is 6.48. The average molecular weight is 288 g/mol. The molecule has 1 amide bonds. The molecule has 1 aromatic rings. The van der Waals surface area contributed by atoms with Gasteiger partial charge < -0.3 is 10.2 Å². The van der Waals surface area contributed by atoms with Gasteiger partial charge in [-0.1, -0.05) is 51.1 Å². The van der Waals surface area contributed by atoms with Gasteiger partial charge in [-0.3, -0.25) is 4.79 Å². The van der Waals surface area contributed by atoms with E-state index in [1.807, 2.05) is 13.0 Å². The normalized spacial score (nSPS) is 22.6. The van der Waals surface area contributed by atoms with Gasteiger partial charge in [0.25, 0.3) is 0 Å². The van der Waals surface area contributed by atoms with E-state index >= 15 is 0 Å². The molecule has 0 saturated carbocycles. The number of carbonyl (C=O) groups is 1. The molecule has 2 atom stereocenters. The Kier molecular flexibility index (Phi) is 5.80. The number of rotatable bonds is 5. The first-order chi connectivity index (χ1) is 10.1. The quantitative estimate of drug-likeness (QED) is 0.903. The van der Waals surface area contributed by atoms with E-state index < -0.39 is 0 Å². The van der Waals surface area contributed by atoms with Crippen molar-refractivity contribution in [3.63, 3.8) is 0 Å². The van der Waals surface area contributed by atoms with Crippen LogP contribution in [0.1, 0.15) is 39.2 Å². The Morgan fingerprint density at radius 2 is 2.05 bits per heavy atom. The van der Waals surface area contributed by atoms with Gasteiger partial charge in [-0.15, -0.1) is 0 Å². The van der Waals surface area contributed by atoms with E-state index in [1.165, 1.54) is 5.56 Å². The molecular formula is C18H28N2O. The lowest BCUT2D eigenvalue weighted by molar-refractivity contribution is -0.134. The van der Waals surface area contributed by atoms with Crippen LogP contribution in [0.15, 0.2) is 30.3 Å². The maximum absolute atomic E-state index is 12.3. The van der Waals surface area contributed by atoms with Crippen LogP contribution in [-0.4, -0.2) is 36.0 Å². The summed E-state index contributed by atoms with van der Waals surface area (Å²) in [5, 5.41) is 3.64. The van der Waals surface area contributed by atoms with E-state index in [-0.39, 0.29) is 11.9 Å². The molecule has 1 N–H and O–H groups in total. The highest BCUT2D eigenvalue weighted by Crippen LogP contribution is 2.17. The summed E-state index contributed by atoms with van der Waals surface area (Å²) in [5.74, 6) is 0.943. The number of piperazine rings is 1. The summed E-state index contributed by atoms with van der Waals surface area (Å²) < 4.78 is 0. The summed E-state index contributed by atoms with van der Waals surface area (Å²) in [4.78, 5) is 14.4. The zero-order valence-corrected chi connectivity index (χ0v) is 13.5. The summed E-state index contributed by atoms with van der Waals surface area (Å²) >= 11 is 0. The third-order valence-electron chi connectivity index (χ3n) is 4.19. The number of hydrogen-bond acceptors (Lipinski definition) is 2. The van der Waals surface area contributed by atoms with E-state index in [9.17, 15) is 4.79 Å². The van der Waals surface area contributed by atoms with Gasteiger partial charge in [0.15, 0.2) is 0 Å². The van der Waals surface area contributed by atoms with Gasteiger partial charge in [0.1, 0.15) is 0 Å². The molecule has 21 heavy (non-hydrogen) atoms. The Bertz CT molecular complexity index is 444. The van der Waals surface area contributed by atoms with Crippen molar-refractivity contribution < 1.29 is 4.79 Å². The smallest absolute Gasteiger partial charge is 0.222 e. The molecule has 0 radical (unpaired) electrons. The lowest BCUT2D eigenvalue weighted by Gasteiger charge is -2.41. The Balaban J connectivity index is 2.04. The zero-order chi connectivity index (χ0) is 15.2. The number of nitrogens with one attached hydrogen (secondary N) is 1. The van der Waals surface area contributed by atoms with Crippen LogP contribution in [0.2, 0.25) is 0 Å². The molecule has 1 aromatic carbocycles. The molecule has 0 bridgehead atoms. The monoisotopic (exact) mass is 288 g/mol. The highest BCUT2D eigenvalue weighted by molar-refractivity contribution is 5.76. The molecule has 2 unspecified atom stereocenters. The SMILES string of the molecule is CCC(=O)N1CC(CC(C)C)NCC1Cc1ccccc1. The van der Waals surface area contributed by atoms with Crippen molar-refractivity contribution in [2.24, 2.45) is 5.92 Å². The van der Waals surface area contributed by atoms with Crippen LogP contribution in [0.25, 0.3) is 0 Å². The third kappa shape index (κ3) is 4.57. The first-order valence-electron chi connectivity index (χ1n) is 8.17. The zero-order valence-electron chi connectivity index (χ0n) is 13.5. The highest BCUT2D eigenvalue weighted by Gasteiger charge is 2.30. The molecular weight excluding hydrogens is 260 g/mol. The largest absolute Gasteiger partial charge is 0.337 e. The van der Waals surface area contributed by atoms with Crippen LogP contribution in [0.3, 0.4) is 0 Å². The molecule has 0 spiro atoms. The molecule has 1 fully saturated rings. The van der Waals surface area contributed by atoms with Gasteiger partial charge in [-0.05, 0) is 24.3 Å². The fourth-order valence-electron chi connectivity index (χ4n) is 3.17. The van der Waals surface area contributed by atoms with Gasteiger partial charge in [-0.2, -0.15) is 0 Å². The first kappa shape index (κ1) is 16.0. The first-order valence-corrected chi connectivity index (χ1v) is 8.17. The highest BCUT2D eigenvalue weighted by atomic mass is 16.2. The molecule has 1 heterocycles. The van der Waals surface area contributed by atoms with Crippen LogP contribution in [0.5, 0.6) is 0 Å². The van der Waals surface area contributed by atoms with Gasteiger partial charge in [0.2, 0.25) is 5.91 Å². The number of carbonyl (C=O) groups excluding carboxylic acids is 1. The van der Waals surface area contributed by atoms with Gasteiger partial charge in [0, 0.05) is 31.6 Å². The minimum absolute atomic E-state index is 0.281. The van der Waals surface area contributed by atoms with Crippen LogP contribution >= 0.6 is 0 Å². The Labute approximate surface area is 128 Å². The van der Waals surface area contributed by atoms with Crippen LogP contribution < -0.4 is 5.32 Å². The Morgan fingerprint density at radius 3 is 2.67 bits per heavy atom. The van der Waals surface area contributed by atoms with Crippen LogP contribution in [0, 0.1) is 5.92 Å². The van der Waals surface area contributed by atoms with Gasteiger partial charge in [-0.25, -0.2) is 0 Å². The summed E-state index contributed by atoms with van der Waals surface area (Å²) in [5.41, 5.74) is 1.31. The maximum atomic E-state index is 12.3. The standard InChI is InChI=1S/C18H28N2O/c1-4-18(21)20-13-16(10-14(2)3)19-12-17(20)11-15-8-6-5-7-9-15/h5-9,14,16-17,19H,4,10-13H2,1-3H3. The minimum Gasteiger partial charge on any atom is -0.337 e. The number of benzene rings is 1. The minimum atomic E-state index is 0.281. The van der Waals surface area contributed by atoms with Crippen molar-refractivity contribution in [2.75, 3.05) is 13.1 Å². The molecule has 0 aromatic heterocycles. The summed E-state index contributed by atoms with van der Waals surface area (Å²) in [6.07, 6.45) is 2.67. The fourth-order valence-corrected chi connectivity index (χ4v) is 3.17. The second kappa shape index (κ2) is 7.60. The Hall–Kier alpha value is -1.35. The average Bonchev–Trinajstić information content (AvgIpc) is 2.48. The van der Waals surface area contributed by atoms with E-state index in [1.54, 1.807) is 0 Å². The predicted molar refractivity (Wildman–Crippen MR) is 87.2 cm³/mol. The molecule has 1 aliphatic rings. The topological polar surface area (TPSA) is 32.3 Å². The maximum Gasteiger partial charge on any atom is 0.222 e. The van der Waals surface area contributed by atoms with Crippen molar-refractivity contribution in [3.8, 4) is 0 Å². The number of amides is 1. The van der Waals surface area contributed by atoms with Crippen LogP contribution in [-0.2, 0) is 11.2 Å². The van der Waals surface area contributed by atoms with E-state index in [2.05, 4.69) is 48.3 Å².